The highest BCUT2D eigenvalue weighted by molar-refractivity contribution is 5.93. The van der Waals surface area contributed by atoms with E-state index in [4.69, 9.17) is 0 Å². The molecular weight excluding hydrogens is 250 g/mol. The van der Waals surface area contributed by atoms with E-state index in [-0.39, 0.29) is 36.0 Å². The van der Waals surface area contributed by atoms with Crippen molar-refractivity contribution in [1.29, 1.82) is 0 Å². The predicted octanol–water partition coefficient (Wildman–Crippen LogP) is 0.776. The van der Waals surface area contributed by atoms with Crippen LogP contribution in [-0.4, -0.2) is 44.6 Å². The highest BCUT2D eigenvalue weighted by Crippen LogP contribution is 2.26. The van der Waals surface area contributed by atoms with Gasteiger partial charge in [-0.25, -0.2) is 4.57 Å². The molecule has 2 rings (SSSR count). The Morgan fingerprint density at radius 3 is 2.79 bits per heavy atom. The summed E-state index contributed by atoms with van der Waals surface area (Å²) in [5.74, 6) is -0.139. The molecule has 0 aromatic carbocycles. The van der Waals surface area contributed by atoms with Gasteiger partial charge in [-0.05, 0) is 23.3 Å². The van der Waals surface area contributed by atoms with Gasteiger partial charge in [0.15, 0.2) is 5.69 Å². The van der Waals surface area contributed by atoms with Crippen LogP contribution >= 0.6 is 0 Å². The van der Waals surface area contributed by atoms with Gasteiger partial charge < -0.3 is 20.1 Å². The van der Waals surface area contributed by atoms with E-state index in [9.17, 15) is 20.0 Å². The van der Waals surface area contributed by atoms with Gasteiger partial charge in [0.25, 0.3) is 5.91 Å². The average Bonchev–Trinajstić information content (AvgIpc) is 2.91. The van der Waals surface area contributed by atoms with Gasteiger partial charge in [-0.2, -0.15) is 0 Å². The summed E-state index contributed by atoms with van der Waals surface area (Å²) in [6.45, 7) is 2.48. The molecule has 1 N–H and O–H groups in total. The van der Waals surface area contributed by atoms with Gasteiger partial charge in [0.2, 0.25) is 0 Å². The maximum Gasteiger partial charge on any atom is 0.323 e. The SMILES string of the molecule is CC1CCN(C(=O)c2ccc([N+](=O)[O-])n2C)C1CO. The van der Waals surface area contributed by atoms with Gasteiger partial charge in [0, 0.05) is 12.6 Å². The Kier molecular flexibility index (Phi) is 3.57. The zero-order valence-electron chi connectivity index (χ0n) is 10.9. The Balaban J connectivity index is 2.27. The lowest BCUT2D eigenvalue weighted by Gasteiger charge is -2.24. The van der Waals surface area contributed by atoms with Gasteiger partial charge in [0.05, 0.1) is 19.7 Å². The Labute approximate surface area is 110 Å². The van der Waals surface area contributed by atoms with Crippen molar-refractivity contribution in [3.8, 4) is 0 Å². The molecule has 19 heavy (non-hydrogen) atoms. The number of nitro groups is 1. The van der Waals surface area contributed by atoms with E-state index in [1.54, 1.807) is 4.90 Å². The number of amides is 1. The molecule has 0 bridgehead atoms. The van der Waals surface area contributed by atoms with Crippen LogP contribution in [0.15, 0.2) is 12.1 Å². The first-order valence-corrected chi connectivity index (χ1v) is 6.19. The number of nitrogens with zero attached hydrogens (tertiary/aromatic N) is 3. The number of likely N-dealkylation sites (tertiary alicyclic amines) is 1. The number of aliphatic hydroxyl groups is 1. The van der Waals surface area contributed by atoms with E-state index in [1.165, 1.54) is 23.7 Å². The summed E-state index contributed by atoms with van der Waals surface area (Å²) in [6, 6.07) is 2.57. The zero-order valence-corrected chi connectivity index (χ0v) is 10.9. The van der Waals surface area contributed by atoms with E-state index in [0.717, 1.165) is 6.42 Å². The highest BCUT2D eigenvalue weighted by atomic mass is 16.6. The molecule has 0 aliphatic carbocycles. The molecule has 1 aliphatic rings. The van der Waals surface area contributed by atoms with Crippen LogP contribution in [0, 0.1) is 16.0 Å². The molecule has 104 valence electrons. The monoisotopic (exact) mass is 267 g/mol. The average molecular weight is 267 g/mol. The summed E-state index contributed by atoms with van der Waals surface area (Å²) in [4.78, 5) is 24.2. The van der Waals surface area contributed by atoms with Crippen molar-refractivity contribution in [3.63, 3.8) is 0 Å². The molecule has 1 aliphatic heterocycles. The normalized spacial score (nSPS) is 22.8. The summed E-state index contributed by atoms with van der Waals surface area (Å²) >= 11 is 0. The van der Waals surface area contributed by atoms with Crippen LogP contribution in [0.1, 0.15) is 23.8 Å². The maximum absolute atomic E-state index is 12.4. The number of carbonyl (C=O) groups excluding carboxylic acids is 1. The molecular formula is C12H17N3O4. The first-order chi connectivity index (χ1) is 8.97. The highest BCUT2D eigenvalue weighted by Gasteiger charge is 2.36. The van der Waals surface area contributed by atoms with Crippen LogP contribution in [0.5, 0.6) is 0 Å². The van der Waals surface area contributed by atoms with Crippen LogP contribution in [0.2, 0.25) is 0 Å². The second-order valence-electron chi connectivity index (χ2n) is 4.91. The predicted molar refractivity (Wildman–Crippen MR) is 67.8 cm³/mol. The molecule has 2 heterocycles. The number of aliphatic hydroxyl groups excluding tert-OH is 1. The second kappa shape index (κ2) is 5.00. The topological polar surface area (TPSA) is 88.6 Å². The van der Waals surface area contributed by atoms with Crippen molar-refractivity contribution in [2.24, 2.45) is 13.0 Å². The third kappa shape index (κ3) is 2.21. The molecule has 0 spiro atoms. The van der Waals surface area contributed by atoms with Crippen molar-refractivity contribution in [3.05, 3.63) is 27.9 Å². The molecule has 1 fully saturated rings. The zero-order chi connectivity index (χ0) is 14.2. The summed E-state index contributed by atoms with van der Waals surface area (Å²) in [5, 5.41) is 20.1. The molecule has 2 unspecified atom stereocenters. The molecule has 0 saturated carbocycles. The molecule has 1 aromatic rings. The van der Waals surface area contributed by atoms with Crippen LogP contribution in [-0.2, 0) is 7.05 Å². The van der Waals surface area contributed by atoms with Crippen molar-refractivity contribution < 1.29 is 14.8 Å². The lowest BCUT2D eigenvalue weighted by atomic mass is 10.0. The first kappa shape index (κ1) is 13.5. The van der Waals surface area contributed by atoms with Crippen molar-refractivity contribution in [2.75, 3.05) is 13.2 Å². The van der Waals surface area contributed by atoms with Crippen LogP contribution in [0.3, 0.4) is 0 Å². The minimum Gasteiger partial charge on any atom is -0.394 e. The summed E-state index contributed by atoms with van der Waals surface area (Å²) in [5.41, 5.74) is 0.277. The van der Waals surface area contributed by atoms with Gasteiger partial charge in [-0.15, -0.1) is 0 Å². The third-order valence-electron chi connectivity index (χ3n) is 3.83. The number of aromatic nitrogens is 1. The fourth-order valence-corrected chi connectivity index (χ4v) is 2.58. The Bertz CT molecular complexity index is 511. The van der Waals surface area contributed by atoms with Crippen LogP contribution in [0.25, 0.3) is 0 Å². The maximum atomic E-state index is 12.4. The number of carbonyl (C=O) groups is 1. The lowest BCUT2D eigenvalue weighted by molar-refractivity contribution is -0.391. The number of rotatable bonds is 3. The van der Waals surface area contributed by atoms with Crippen molar-refractivity contribution in [1.82, 2.24) is 9.47 Å². The molecule has 7 heteroatoms. The minimum atomic E-state index is -0.521. The molecule has 7 nitrogen and oxygen atoms in total. The number of hydrogen-bond donors (Lipinski definition) is 1. The fraction of sp³-hybridized carbons (Fsp3) is 0.583. The summed E-state index contributed by atoms with van der Waals surface area (Å²) < 4.78 is 1.28. The standard InChI is InChI=1S/C12H17N3O4/c1-8-5-6-14(10(8)7-16)12(17)9-3-4-11(13(9)2)15(18)19/h3-4,8,10,16H,5-7H2,1-2H3. The van der Waals surface area contributed by atoms with E-state index in [1.807, 2.05) is 6.92 Å². The van der Waals surface area contributed by atoms with Gasteiger partial charge in [-0.1, -0.05) is 6.92 Å². The van der Waals surface area contributed by atoms with Crippen LogP contribution < -0.4 is 0 Å². The second-order valence-corrected chi connectivity index (χ2v) is 4.91. The lowest BCUT2D eigenvalue weighted by Crippen LogP contribution is -2.40. The molecule has 1 amide bonds. The summed E-state index contributed by atoms with van der Waals surface area (Å²) in [6.07, 6.45) is 0.837. The summed E-state index contributed by atoms with van der Waals surface area (Å²) in [7, 11) is 1.50. The smallest absolute Gasteiger partial charge is 0.323 e. The van der Waals surface area contributed by atoms with E-state index >= 15 is 0 Å². The van der Waals surface area contributed by atoms with E-state index in [2.05, 4.69) is 0 Å². The largest absolute Gasteiger partial charge is 0.394 e. The molecule has 2 atom stereocenters. The Morgan fingerprint density at radius 1 is 1.58 bits per heavy atom. The minimum absolute atomic E-state index is 0.0839. The van der Waals surface area contributed by atoms with Gasteiger partial charge >= 0.3 is 5.82 Å². The van der Waals surface area contributed by atoms with Crippen molar-refractivity contribution in [2.45, 2.75) is 19.4 Å². The molecule has 1 aromatic heterocycles. The van der Waals surface area contributed by atoms with Crippen LogP contribution in [0.4, 0.5) is 5.82 Å². The molecule has 0 radical (unpaired) electrons. The molecule has 1 saturated heterocycles. The van der Waals surface area contributed by atoms with Gasteiger partial charge in [-0.3, -0.25) is 4.79 Å². The quantitative estimate of drug-likeness (QED) is 0.647. The number of hydrogen-bond acceptors (Lipinski definition) is 4. The van der Waals surface area contributed by atoms with Crippen molar-refractivity contribution >= 4 is 11.7 Å². The Hall–Kier alpha value is -1.89. The van der Waals surface area contributed by atoms with E-state index in [0.29, 0.717) is 6.54 Å². The van der Waals surface area contributed by atoms with E-state index < -0.39 is 4.92 Å². The van der Waals surface area contributed by atoms with Gasteiger partial charge in [0.1, 0.15) is 0 Å². The Morgan fingerprint density at radius 2 is 2.26 bits per heavy atom. The first-order valence-electron chi connectivity index (χ1n) is 6.19. The third-order valence-corrected chi connectivity index (χ3v) is 3.83. The fourth-order valence-electron chi connectivity index (χ4n) is 2.58.